The number of aldehydes is 1. The van der Waals surface area contributed by atoms with E-state index in [1.165, 1.54) is 19.3 Å². The van der Waals surface area contributed by atoms with Crippen LogP contribution in [0.1, 0.15) is 64.7 Å². The summed E-state index contributed by atoms with van der Waals surface area (Å²) in [5.41, 5.74) is 0. The standard InChI is InChI=1S/C15H26O3/c1-2-3-4-5-6-11-18-15(17)14-9-7-13(12-16)8-10-14/h12-14H,2-11H2,1H3. The zero-order chi connectivity index (χ0) is 13.2. The van der Waals surface area contributed by atoms with E-state index in [9.17, 15) is 9.59 Å². The highest BCUT2D eigenvalue weighted by Crippen LogP contribution is 2.28. The van der Waals surface area contributed by atoms with Crippen LogP contribution in [0.5, 0.6) is 0 Å². The minimum Gasteiger partial charge on any atom is -0.465 e. The second-order valence-corrected chi connectivity index (χ2v) is 5.33. The van der Waals surface area contributed by atoms with Crippen LogP contribution in [-0.2, 0) is 14.3 Å². The van der Waals surface area contributed by atoms with E-state index in [0.29, 0.717) is 6.61 Å². The lowest BCUT2D eigenvalue weighted by atomic mass is 9.83. The van der Waals surface area contributed by atoms with Crippen LogP contribution in [0.2, 0.25) is 0 Å². The van der Waals surface area contributed by atoms with Crippen molar-refractivity contribution in [1.29, 1.82) is 0 Å². The van der Waals surface area contributed by atoms with E-state index < -0.39 is 0 Å². The van der Waals surface area contributed by atoms with E-state index in [2.05, 4.69) is 6.92 Å². The van der Waals surface area contributed by atoms with Gasteiger partial charge in [-0.1, -0.05) is 32.6 Å². The van der Waals surface area contributed by atoms with Crippen LogP contribution in [0.4, 0.5) is 0 Å². The van der Waals surface area contributed by atoms with Crippen molar-refractivity contribution < 1.29 is 14.3 Å². The fourth-order valence-electron chi connectivity index (χ4n) is 2.49. The van der Waals surface area contributed by atoms with Crippen LogP contribution in [0.3, 0.4) is 0 Å². The van der Waals surface area contributed by atoms with Gasteiger partial charge in [0.1, 0.15) is 6.29 Å². The molecule has 1 aliphatic rings. The van der Waals surface area contributed by atoms with Crippen LogP contribution in [0.15, 0.2) is 0 Å². The molecule has 1 rings (SSSR count). The smallest absolute Gasteiger partial charge is 0.308 e. The topological polar surface area (TPSA) is 43.4 Å². The summed E-state index contributed by atoms with van der Waals surface area (Å²) in [6.07, 6.45) is 10.2. The zero-order valence-corrected chi connectivity index (χ0v) is 11.5. The molecule has 0 aromatic heterocycles. The fourth-order valence-corrected chi connectivity index (χ4v) is 2.49. The predicted octanol–water partition coefficient (Wildman–Crippen LogP) is 3.51. The molecule has 1 fully saturated rings. The van der Waals surface area contributed by atoms with Gasteiger partial charge in [0.05, 0.1) is 12.5 Å². The monoisotopic (exact) mass is 254 g/mol. The van der Waals surface area contributed by atoms with Crippen molar-refractivity contribution in [1.82, 2.24) is 0 Å². The minimum absolute atomic E-state index is 0.0387. The zero-order valence-electron chi connectivity index (χ0n) is 11.5. The fraction of sp³-hybridized carbons (Fsp3) is 0.867. The van der Waals surface area contributed by atoms with Gasteiger partial charge in [0.2, 0.25) is 0 Å². The Hall–Kier alpha value is -0.860. The molecule has 3 heteroatoms. The summed E-state index contributed by atoms with van der Waals surface area (Å²) < 4.78 is 5.30. The third-order valence-corrected chi connectivity index (χ3v) is 3.79. The van der Waals surface area contributed by atoms with E-state index >= 15 is 0 Å². The van der Waals surface area contributed by atoms with Crippen molar-refractivity contribution in [2.45, 2.75) is 64.7 Å². The van der Waals surface area contributed by atoms with Crippen molar-refractivity contribution in [3.63, 3.8) is 0 Å². The number of carbonyl (C=O) groups excluding carboxylic acids is 2. The first-order valence-electron chi connectivity index (χ1n) is 7.39. The van der Waals surface area contributed by atoms with Crippen LogP contribution in [0, 0.1) is 11.8 Å². The van der Waals surface area contributed by atoms with E-state index in [1.54, 1.807) is 0 Å². The average molecular weight is 254 g/mol. The molecule has 0 aliphatic heterocycles. The highest BCUT2D eigenvalue weighted by atomic mass is 16.5. The molecular formula is C15H26O3. The lowest BCUT2D eigenvalue weighted by Gasteiger charge is -2.23. The van der Waals surface area contributed by atoms with Crippen LogP contribution >= 0.6 is 0 Å². The Balaban J connectivity index is 2.05. The molecule has 0 saturated heterocycles. The van der Waals surface area contributed by atoms with Gasteiger partial charge in [-0.05, 0) is 32.1 Å². The summed E-state index contributed by atoms with van der Waals surface area (Å²) >= 11 is 0. The minimum atomic E-state index is -0.0464. The van der Waals surface area contributed by atoms with Crippen molar-refractivity contribution >= 4 is 12.3 Å². The van der Waals surface area contributed by atoms with Gasteiger partial charge < -0.3 is 9.53 Å². The maximum absolute atomic E-state index is 11.8. The second-order valence-electron chi connectivity index (χ2n) is 5.33. The van der Waals surface area contributed by atoms with Gasteiger partial charge in [-0.25, -0.2) is 0 Å². The van der Waals surface area contributed by atoms with E-state index in [-0.39, 0.29) is 17.8 Å². The van der Waals surface area contributed by atoms with Crippen molar-refractivity contribution in [3.8, 4) is 0 Å². The Morgan fingerprint density at radius 2 is 1.78 bits per heavy atom. The molecule has 0 radical (unpaired) electrons. The summed E-state index contributed by atoms with van der Waals surface area (Å²) in [7, 11) is 0. The maximum Gasteiger partial charge on any atom is 0.308 e. The van der Waals surface area contributed by atoms with E-state index in [1.807, 2.05) is 0 Å². The molecule has 0 bridgehead atoms. The van der Waals surface area contributed by atoms with Gasteiger partial charge in [-0.3, -0.25) is 4.79 Å². The Morgan fingerprint density at radius 1 is 1.11 bits per heavy atom. The summed E-state index contributed by atoms with van der Waals surface area (Å²) in [5.74, 6) is 0.162. The van der Waals surface area contributed by atoms with Gasteiger partial charge in [0.15, 0.2) is 0 Å². The third-order valence-electron chi connectivity index (χ3n) is 3.79. The number of rotatable bonds is 8. The summed E-state index contributed by atoms with van der Waals surface area (Å²) in [4.78, 5) is 22.4. The molecule has 0 heterocycles. The second kappa shape index (κ2) is 9.12. The van der Waals surface area contributed by atoms with Crippen molar-refractivity contribution in [2.75, 3.05) is 6.61 Å². The number of hydrogen-bond acceptors (Lipinski definition) is 3. The molecule has 0 atom stereocenters. The SMILES string of the molecule is CCCCCCCOC(=O)C1CCC(C=O)CC1. The molecule has 3 nitrogen and oxygen atoms in total. The van der Waals surface area contributed by atoms with Crippen molar-refractivity contribution in [3.05, 3.63) is 0 Å². The first-order valence-corrected chi connectivity index (χ1v) is 7.39. The summed E-state index contributed by atoms with van der Waals surface area (Å²) in [5, 5.41) is 0. The van der Waals surface area contributed by atoms with Gasteiger partial charge in [0, 0.05) is 5.92 Å². The number of esters is 1. The summed E-state index contributed by atoms with van der Waals surface area (Å²) in [6, 6.07) is 0. The Morgan fingerprint density at radius 3 is 2.39 bits per heavy atom. The number of hydrogen-bond donors (Lipinski definition) is 0. The van der Waals surface area contributed by atoms with Crippen molar-refractivity contribution in [2.24, 2.45) is 11.8 Å². The van der Waals surface area contributed by atoms with Gasteiger partial charge in [0.25, 0.3) is 0 Å². The number of carbonyl (C=O) groups is 2. The molecule has 0 amide bonds. The molecule has 0 aromatic rings. The largest absolute Gasteiger partial charge is 0.465 e. The highest BCUT2D eigenvalue weighted by Gasteiger charge is 2.26. The lowest BCUT2D eigenvalue weighted by Crippen LogP contribution is -2.24. The Labute approximate surface area is 110 Å². The van der Waals surface area contributed by atoms with Crippen LogP contribution in [0.25, 0.3) is 0 Å². The van der Waals surface area contributed by atoms with Gasteiger partial charge in [-0.15, -0.1) is 0 Å². The third kappa shape index (κ3) is 5.65. The normalized spacial score (nSPS) is 23.6. The molecule has 1 aliphatic carbocycles. The highest BCUT2D eigenvalue weighted by molar-refractivity contribution is 5.72. The first kappa shape index (κ1) is 15.2. The Bertz CT molecular complexity index is 242. The first-order chi connectivity index (χ1) is 8.77. The lowest BCUT2D eigenvalue weighted by molar-refractivity contribution is -0.150. The predicted molar refractivity (Wildman–Crippen MR) is 71.2 cm³/mol. The number of unbranched alkanes of at least 4 members (excludes halogenated alkanes) is 4. The molecule has 18 heavy (non-hydrogen) atoms. The molecule has 0 unspecified atom stereocenters. The molecular weight excluding hydrogens is 228 g/mol. The Kier molecular flexibility index (Phi) is 7.70. The van der Waals surface area contributed by atoms with Crippen LogP contribution < -0.4 is 0 Å². The summed E-state index contributed by atoms with van der Waals surface area (Å²) in [6.45, 7) is 2.76. The van der Waals surface area contributed by atoms with Gasteiger partial charge in [-0.2, -0.15) is 0 Å². The molecule has 104 valence electrons. The van der Waals surface area contributed by atoms with E-state index in [4.69, 9.17) is 4.74 Å². The maximum atomic E-state index is 11.8. The molecule has 0 aromatic carbocycles. The quantitative estimate of drug-likeness (QED) is 0.378. The van der Waals surface area contributed by atoms with E-state index in [0.717, 1.165) is 44.8 Å². The number of ether oxygens (including phenoxy) is 1. The molecule has 1 saturated carbocycles. The molecule has 0 spiro atoms. The van der Waals surface area contributed by atoms with Crippen LogP contribution in [-0.4, -0.2) is 18.9 Å². The van der Waals surface area contributed by atoms with Gasteiger partial charge >= 0.3 is 5.97 Å². The average Bonchev–Trinajstić information content (AvgIpc) is 2.42. The molecule has 0 N–H and O–H groups in total.